The molecule has 54 valence electrons. The Bertz CT molecular complexity index is 87.0. The molecule has 9 heavy (non-hydrogen) atoms. The van der Waals surface area contributed by atoms with Crippen molar-refractivity contribution < 1.29 is 9.53 Å². The molecule has 0 spiro atoms. The van der Waals surface area contributed by atoms with Crippen molar-refractivity contribution in [3.05, 3.63) is 0 Å². The lowest BCUT2D eigenvalue weighted by atomic mass is 10.6. The molecule has 0 aromatic heterocycles. The minimum absolute atomic E-state index is 0.0461. The molecule has 0 atom stereocenters. The van der Waals surface area contributed by atoms with Crippen molar-refractivity contribution in [3.8, 4) is 0 Å². The van der Waals surface area contributed by atoms with E-state index < -0.39 is 0 Å². The van der Waals surface area contributed by atoms with Crippen LogP contribution >= 0.6 is 23.4 Å². The van der Waals surface area contributed by atoms with Gasteiger partial charge < -0.3 is 4.74 Å². The molecule has 0 amide bonds. The molecule has 0 fully saturated rings. The van der Waals surface area contributed by atoms with E-state index in [1.807, 2.05) is 6.92 Å². The summed E-state index contributed by atoms with van der Waals surface area (Å²) in [6.45, 7) is 2.00. The first-order valence-corrected chi connectivity index (χ1v) is 4.18. The molecule has 0 aliphatic carbocycles. The number of carbonyl (C=O) groups excluding carboxylic acids is 1. The van der Waals surface area contributed by atoms with E-state index in [-0.39, 0.29) is 11.4 Å². The Labute approximate surface area is 63.9 Å². The number of ether oxygens (including phenoxy) is 1. The van der Waals surface area contributed by atoms with Gasteiger partial charge in [0.15, 0.2) is 6.07 Å². The molecule has 0 unspecified atom stereocenters. The van der Waals surface area contributed by atoms with Crippen molar-refractivity contribution in [3.63, 3.8) is 0 Å². The maximum atomic E-state index is 10.5. The highest BCUT2D eigenvalue weighted by Gasteiger charge is 1.98. The lowest BCUT2D eigenvalue weighted by Gasteiger charge is -1.96. The minimum Gasteiger partial charge on any atom is -0.441 e. The summed E-state index contributed by atoms with van der Waals surface area (Å²) in [4.78, 5) is 10.5. The molecule has 0 radical (unpaired) electrons. The van der Waals surface area contributed by atoms with Gasteiger partial charge in [0.2, 0.25) is 0 Å². The van der Waals surface area contributed by atoms with Gasteiger partial charge in [-0.3, -0.25) is 0 Å². The molecule has 0 bridgehead atoms. The van der Waals surface area contributed by atoms with Crippen LogP contribution in [-0.4, -0.2) is 17.1 Å². The Morgan fingerprint density at radius 1 is 1.78 bits per heavy atom. The molecule has 0 saturated carbocycles. The third kappa shape index (κ3) is 5.99. The minimum atomic E-state index is -0.285. The fourth-order valence-corrected chi connectivity index (χ4v) is 0.948. The largest absolute Gasteiger partial charge is 0.441 e. The average Bonchev–Trinajstić information content (AvgIpc) is 1.85. The van der Waals surface area contributed by atoms with Gasteiger partial charge in [-0.05, 0) is 18.2 Å². The second kappa shape index (κ2) is 6.23. The zero-order valence-corrected chi connectivity index (χ0v) is 6.80. The first-order chi connectivity index (χ1) is 4.31. The fourth-order valence-electron chi connectivity index (χ4n) is 0.272. The number of carbonyl (C=O) groups is 1. The van der Waals surface area contributed by atoms with Crippen LogP contribution in [0.2, 0.25) is 0 Å². The zero-order valence-electron chi connectivity index (χ0n) is 5.22. The maximum absolute atomic E-state index is 10.5. The summed E-state index contributed by atoms with van der Waals surface area (Å²) in [7, 11) is 0. The molecule has 0 rings (SSSR count). The van der Waals surface area contributed by atoms with Gasteiger partial charge in [-0.2, -0.15) is 0 Å². The van der Waals surface area contributed by atoms with Crippen LogP contribution in [0, 0.1) is 0 Å². The molecule has 4 heteroatoms. The van der Waals surface area contributed by atoms with Crippen molar-refractivity contribution in [2.45, 2.75) is 13.3 Å². The van der Waals surface area contributed by atoms with E-state index in [9.17, 15) is 4.79 Å². The first-order valence-electron chi connectivity index (χ1n) is 2.66. The van der Waals surface area contributed by atoms with Gasteiger partial charge in [-0.15, -0.1) is 0 Å². The predicted octanol–water partition coefficient (Wildman–Crippen LogP) is 2.46. The topological polar surface area (TPSA) is 26.3 Å². The summed E-state index contributed by atoms with van der Waals surface area (Å²) in [6.07, 6.45) is 0.974. The van der Waals surface area contributed by atoms with Crippen LogP contribution in [-0.2, 0) is 4.74 Å². The van der Waals surface area contributed by atoms with Gasteiger partial charge in [0.05, 0.1) is 0 Å². The van der Waals surface area contributed by atoms with E-state index in [4.69, 9.17) is 11.6 Å². The average molecular weight is 169 g/mol. The summed E-state index contributed by atoms with van der Waals surface area (Å²) in [5.74, 6) is 0.801. The van der Waals surface area contributed by atoms with Crippen molar-refractivity contribution in [2.75, 3.05) is 11.8 Å². The van der Waals surface area contributed by atoms with Crippen molar-refractivity contribution in [1.82, 2.24) is 0 Å². The Hall–Kier alpha value is 0.110. The number of halogens is 1. The number of thioether (sulfide) groups is 1. The Morgan fingerprint density at radius 2 is 2.44 bits per heavy atom. The van der Waals surface area contributed by atoms with Crippen molar-refractivity contribution >= 4 is 28.7 Å². The highest BCUT2D eigenvalue weighted by Crippen LogP contribution is 2.06. The summed E-state index contributed by atoms with van der Waals surface area (Å²) >= 11 is 6.27. The Balaban J connectivity index is 3.06. The van der Waals surface area contributed by atoms with E-state index in [2.05, 4.69) is 4.74 Å². The molecule has 0 heterocycles. The molecular formula is C5H9ClO2S. The summed E-state index contributed by atoms with van der Waals surface area (Å²) in [5.41, 5.74) is 0. The third-order valence-electron chi connectivity index (χ3n) is 0.596. The van der Waals surface area contributed by atoms with Crippen LogP contribution in [0.15, 0.2) is 0 Å². The molecule has 0 aromatic carbocycles. The molecule has 0 aliphatic rings. The standard InChI is InChI=1S/C5H9ClO2S/c1-2-3-9-5(7)8-4-6/h2-4H2,1H3. The monoisotopic (exact) mass is 168 g/mol. The summed E-state index contributed by atoms with van der Waals surface area (Å²) < 4.78 is 4.43. The van der Waals surface area contributed by atoms with Crippen LogP contribution in [0.25, 0.3) is 0 Å². The van der Waals surface area contributed by atoms with E-state index in [1.54, 1.807) is 0 Å². The van der Waals surface area contributed by atoms with E-state index in [1.165, 1.54) is 0 Å². The zero-order chi connectivity index (χ0) is 7.11. The number of hydrogen-bond acceptors (Lipinski definition) is 3. The highest BCUT2D eigenvalue weighted by atomic mass is 35.5. The first kappa shape index (κ1) is 9.11. The van der Waals surface area contributed by atoms with Crippen LogP contribution in [0.4, 0.5) is 4.79 Å². The number of hydrogen-bond donors (Lipinski definition) is 0. The molecule has 0 saturated heterocycles. The van der Waals surface area contributed by atoms with Gasteiger partial charge in [0, 0.05) is 5.75 Å². The molecule has 0 aromatic rings. The lowest BCUT2D eigenvalue weighted by Crippen LogP contribution is -1.94. The summed E-state index contributed by atoms with van der Waals surface area (Å²) in [6, 6.07) is -0.0461. The van der Waals surface area contributed by atoms with Gasteiger partial charge in [0.1, 0.15) is 0 Å². The highest BCUT2D eigenvalue weighted by molar-refractivity contribution is 8.13. The predicted molar refractivity (Wildman–Crippen MR) is 40.0 cm³/mol. The van der Waals surface area contributed by atoms with Gasteiger partial charge in [-0.25, -0.2) is 4.79 Å². The van der Waals surface area contributed by atoms with Gasteiger partial charge in [0.25, 0.3) is 0 Å². The smallest absolute Gasteiger partial charge is 0.368 e. The molecular weight excluding hydrogens is 160 g/mol. The lowest BCUT2D eigenvalue weighted by molar-refractivity contribution is 0.194. The van der Waals surface area contributed by atoms with Crippen LogP contribution in [0.1, 0.15) is 13.3 Å². The van der Waals surface area contributed by atoms with Gasteiger partial charge >= 0.3 is 5.30 Å². The molecule has 0 aliphatic heterocycles. The third-order valence-corrected chi connectivity index (χ3v) is 1.67. The number of rotatable bonds is 3. The molecule has 2 nitrogen and oxygen atoms in total. The second-order valence-corrected chi connectivity index (χ2v) is 2.60. The van der Waals surface area contributed by atoms with E-state index >= 15 is 0 Å². The summed E-state index contributed by atoms with van der Waals surface area (Å²) in [5, 5.41) is -0.285. The van der Waals surface area contributed by atoms with Gasteiger partial charge in [-0.1, -0.05) is 18.5 Å². The molecule has 0 N–H and O–H groups in total. The Kier molecular flexibility index (Phi) is 6.31. The van der Waals surface area contributed by atoms with Crippen LogP contribution in [0.5, 0.6) is 0 Å². The van der Waals surface area contributed by atoms with Crippen molar-refractivity contribution in [2.24, 2.45) is 0 Å². The van der Waals surface area contributed by atoms with Crippen LogP contribution < -0.4 is 0 Å². The van der Waals surface area contributed by atoms with E-state index in [0.717, 1.165) is 23.9 Å². The quantitative estimate of drug-likeness (QED) is 0.479. The SMILES string of the molecule is CCCSC(=O)OCCl. The fraction of sp³-hybridized carbons (Fsp3) is 0.800. The van der Waals surface area contributed by atoms with Crippen LogP contribution in [0.3, 0.4) is 0 Å². The second-order valence-electron chi connectivity index (χ2n) is 1.35. The maximum Gasteiger partial charge on any atom is 0.368 e. The normalized spacial score (nSPS) is 9.11. The van der Waals surface area contributed by atoms with Crippen molar-refractivity contribution in [1.29, 1.82) is 0 Å². The Morgan fingerprint density at radius 3 is 2.89 bits per heavy atom. The number of alkyl halides is 1. The van der Waals surface area contributed by atoms with E-state index in [0.29, 0.717) is 0 Å².